The van der Waals surface area contributed by atoms with E-state index in [-0.39, 0.29) is 24.3 Å². The number of anilines is 1. The summed E-state index contributed by atoms with van der Waals surface area (Å²) in [4.78, 5) is 23.8. The number of ether oxygens (including phenoxy) is 1. The molecule has 0 aromatic heterocycles. The number of nitrogens with one attached hydrogen (secondary N) is 1. The molecule has 0 fully saturated rings. The number of esters is 1. The molecule has 0 saturated heterocycles. The number of hydrogen-bond acceptors (Lipinski definition) is 4. The Morgan fingerprint density at radius 1 is 1.12 bits per heavy atom. The lowest BCUT2D eigenvalue weighted by Crippen LogP contribution is -2.41. The third-order valence-electron chi connectivity index (χ3n) is 4.36. The van der Waals surface area contributed by atoms with Gasteiger partial charge in [-0.1, -0.05) is 26.0 Å². The molecule has 0 aliphatic heterocycles. The van der Waals surface area contributed by atoms with Crippen molar-refractivity contribution in [2.45, 2.75) is 46.5 Å². The lowest BCUT2D eigenvalue weighted by molar-refractivity contribution is -0.143. The molecular formula is C18H29ClN2O3. The number of rotatable bonds is 9. The van der Waals surface area contributed by atoms with Gasteiger partial charge in [-0.05, 0) is 43.9 Å². The van der Waals surface area contributed by atoms with E-state index < -0.39 is 5.41 Å². The predicted molar refractivity (Wildman–Crippen MR) is 99.3 cm³/mol. The molecular weight excluding hydrogens is 328 g/mol. The molecule has 3 N–H and O–H groups in total. The fourth-order valence-electron chi connectivity index (χ4n) is 2.45. The van der Waals surface area contributed by atoms with Gasteiger partial charge in [-0.2, -0.15) is 0 Å². The van der Waals surface area contributed by atoms with Crippen molar-refractivity contribution in [1.29, 1.82) is 0 Å². The molecule has 0 heterocycles. The van der Waals surface area contributed by atoms with Crippen LogP contribution in [0.5, 0.6) is 0 Å². The highest BCUT2D eigenvalue weighted by molar-refractivity contribution is 5.95. The van der Waals surface area contributed by atoms with Crippen LogP contribution < -0.4 is 11.1 Å². The second-order valence-corrected chi connectivity index (χ2v) is 5.65. The smallest absolute Gasteiger partial charge is 0.306 e. The standard InChI is InChI=1S/C18H28N2O3.ClH/c1-4-18(5-2,13-19)17(22)20-15-10-7-14(8-11-15)9-12-16(21)23-6-3;/h7-8,10-11H,4-6,9,12-13,19H2,1-3H3,(H,20,22);1H. The van der Waals surface area contributed by atoms with E-state index in [9.17, 15) is 9.59 Å². The summed E-state index contributed by atoms with van der Waals surface area (Å²) in [6.07, 6.45) is 2.41. The number of benzene rings is 1. The molecule has 0 aliphatic rings. The summed E-state index contributed by atoms with van der Waals surface area (Å²) in [5.41, 5.74) is 7.06. The molecule has 1 rings (SSSR count). The number of carbonyl (C=O) groups excluding carboxylic acids is 2. The highest BCUT2D eigenvalue weighted by atomic mass is 35.5. The normalized spacial score (nSPS) is 10.7. The van der Waals surface area contributed by atoms with Crippen molar-refractivity contribution < 1.29 is 14.3 Å². The van der Waals surface area contributed by atoms with Crippen LogP contribution in [-0.2, 0) is 20.7 Å². The van der Waals surface area contributed by atoms with Crippen LogP contribution in [0.1, 0.15) is 45.6 Å². The Morgan fingerprint density at radius 3 is 2.17 bits per heavy atom. The summed E-state index contributed by atoms with van der Waals surface area (Å²) in [6.45, 7) is 6.50. The van der Waals surface area contributed by atoms with E-state index in [4.69, 9.17) is 10.5 Å². The first kappa shape index (κ1) is 22.4. The molecule has 0 unspecified atom stereocenters. The zero-order valence-electron chi connectivity index (χ0n) is 14.8. The van der Waals surface area contributed by atoms with Crippen molar-refractivity contribution >= 4 is 30.0 Å². The Hall–Kier alpha value is -1.59. The molecule has 0 radical (unpaired) electrons. The molecule has 0 atom stereocenters. The molecule has 24 heavy (non-hydrogen) atoms. The molecule has 0 spiro atoms. The predicted octanol–water partition coefficient (Wildman–Crippen LogP) is 3.31. The number of halogens is 1. The van der Waals surface area contributed by atoms with Gasteiger partial charge in [0.25, 0.3) is 0 Å². The lowest BCUT2D eigenvalue weighted by atomic mass is 9.81. The molecule has 1 aromatic rings. The van der Waals surface area contributed by atoms with Crippen molar-refractivity contribution in [3.05, 3.63) is 29.8 Å². The van der Waals surface area contributed by atoms with Crippen LogP contribution in [0, 0.1) is 5.41 Å². The summed E-state index contributed by atoms with van der Waals surface area (Å²) in [7, 11) is 0. The minimum atomic E-state index is -0.511. The van der Waals surface area contributed by atoms with Gasteiger partial charge in [0.15, 0.2) is 0 Å². The molecule has 1 amide bonds. The van der Waals surface area contributed by atoms with Crippen LogP contribution in [0.3, 0.4) is 0 Å². The Bertz CT molecular complexity index is 505. The topological polar surface area (TPSA) is 81.4 Å². The van der Waals surface area contributed by atoms with E-state index in [0.29, 0.717) is 38.8 Å². The lowest BCUT2D eigenvalue weighted by Gasteiger charge is -2.28. The second kappa shape index (κ2) is 11.0. The van der Waals surface area contributed by atoms with Gasteiger partial charge in [0.1, 0.15) is 0 Å². The monoisotopic (exact) mass is 356 g/mol. The average molecular weight is 357 g/mol. The largest absolute Gasteiger partial charge is 0.466 e. The van der Waals surface area contributed by atoms with Gasteiger partial charge in [0.05, 0.1) is 12.0 Å². The number of amides is 1. The van der Waals surface area contributed by atoms with Crippen LogP contribution in [0.15, 0.2) is 24.3 Å². The van der Waals surface area contributed by atoms with Crippen LogP contribution in [0.2, 0.25) is 0 Å². The molecule has 136 valence electrons. The van der Waals surface area contributed by atoms with E-state index in [0.717, 1.165) is 11.3 Å². The van der Waals surface area contributed by atoms with Crippen LogP contribution in [0.4, 0.5) is 5.69 Å². The molecule has 6 heteroatoms. The summed E-state index contributed by atoms with van der Waals surface area (Å²) >= 11 is 0. The summed E-state index contributed by atoms with van der Waals surface area (Å²) in [5.74, 6) is -0.229. The SMILES string of the molecule is CCOC(=O)CCc1ccc(NC(=O)C(CC)(CC)CN)cc1.Cl. The molecule has 0 aliphatic carbocycles. The first-order valence-corrected chi connectivity index (χ1v) is 8.27. The minimum absolute atomic E-state index is 0. The van der Waals surface area contributed by atoms with Crippen molar-refractivity contribution in [2.24, 2.45) is 11.1 Å². The minimum Gasteiger partial charge on any atom is -0.466 e. The summed E-state index contributed by atoms with van der Waals surface area (Å²) in [5, 5.41) is 2.94. The number of nitrogens with two attached hydrogens (primary N) is 1. The number of aryl methyl sites for hydroxylation is 1. The third kappa shape index (κ3) is 6.13. The Labute approximate surface area is 150 Å². The number of carbonyl (C=O) groups is 2. The van der Waals surface area contributed by atoms with Gasteiger partial charge < -0.3 is 15.8 Å². The van der Waals surface area contributed by atoms with Crippen LogP contribution >= 0.6 is 12.4 Å². The van der Waals surface area contributed by atoms with Crippen molar-refractivity contribution in [2.75, 3.05) is 18.5 Å². The van der Waals surface area contributed by atoms with E-state index in [1.165, 1.54) is 0 Å². The maximum atomic E-state index is 12.4. The van der Waals surface area contributed by atoms with Gasteiger partial charge in [-0.3, -0.25) is 9.59 Å². The maximum Gasteiger partial charge on any atom is 0.306 e. The van der Waals surface area contributed by atoms with Gasteiger partial charge in [-0.15, -0.1) is 12.4 Å². The Morgan fingerprint density at radius 2 is 1.71 bits per heavy atom. The number of hydrogen-bond donors (Lipinski definition) is 2. The molecule has 1 aromatic carbocycles. The zero-order chi connectivity index (χ0) is 17.3. The van der Waals surface area contributed by atoms with Gasteiger partial charge in [-0.25, -0.2) is 0 Å². The molecule has 0 saturated carbocycles. The average Bonchev–Trinajstić information content (AvgIpc) is 2.57. The van der Waals surface area contributed by atoms with Crippen LogP contribution in [-0.4, -0.2) is 25.0 Å². The third-order valence-corrected chi connectivity index (χ3v) is 4.36. The van der Waals surface area contributed by atoms with E-state index in [2.05, 4.69) is 5.32 Å². The van der Waals surface area contributed by atoms with Gasteiger partial charge in [0, 0.05) is 18.7 Å². The second-order valence-electron chi connectivity index (χ2n) is 5.65. The summed E-state index contributed by atoms with van der Waals surface area (Å²) < 4.78 is 4.91. The zero-order valence-corrected chi connectivity index (χ0v) is 15.6. The van der Waals surface area contributed by atoms with E-state index in [1.807, 2.05) is 38.1 Å². The Kier molecular flexibility index (Phi) is 10.3. The fourth-order valence-corrected chi connectivity index (χ4v) is 2.45. The first-order chi connectivity index (χ1) is 11.0. The van der Waals surface area contributed by atoms with E-state index in [1.54, 1.807) is 6.92 Å². The van der Waals surface area contributed by atoms with Gasteiger partial charge >= 0.3 is 5.97 Å². The van der Waals surface area contributed by atoms with Crippen molar-refractivity contribution in [1.82, 2.24) is 0 Å². The van der Waals surface area contributed by atoms with Crippen molar-refractivity contribution in [3.63, 3.8) is 0 Å². The Balaban J connectivity index is 0.00000529. The van der Waals surface area contributed by atoms with Gasteiger partial charge in [0.2, 0.25) is 5.91 Å². The van der Waals surface area contributed by atoms with E-state index >= 15 is 0 Å². The van der Waals surface area contributed by atoms with Crippen LogP contribution in [0.25, 0.3) is 0 Å². The highest BCUT2D eigenvalue weighted by Gasteiger charge is 2.33. The fraction of sp³-hybridized carbons (Fsp3) is 0.556. The summed E-state index contributed by atoms with van der Waals surface area (Å²) in [6, 6.07) is 7.53. The first-order valence-electron chi connectivity index (χ1n) is 8.27. The highest BCUT2D eigenvalue weighted by Crippen LogP contribution is 2.27. The maximum absolute atomic E-state index is 12.4. The molecule has 0 bridgehead atoms. The van der Waals surface area contributed by atoms with Crippen molar-refractivity contribution in [3.8, 4) is 0 Å². The molecule has 5 nitrogen and oxygen atoms in total. The quantitative estimate of drug-likeness (QED) is 0.665.